The maximum atomic E-state index is 4.54. The van der Waals surface area contributed by atoms with Crippen LogP contribution in [0.25, 0.3) is 280 Å². The van der Waals surface area contributed by atoms with E-state index in [1.165, 1.54) is 263 Å². The van der Waals surface area contributed by atoms with E-state index in [4.69, 9.17) is 0 Å². The quantitative estimate of drug-likeness (QED) is 0.115. The number of para-hydroxylation sites is 6. The van der Waals surface area contributed by atoms with E-state index in [2.05, 4.69) is 490 Å². The summed E-state index contributed by atoms with van der Waals surface area (Å²) in [6, 6.07) is 175. The average molecular weight is 1790 g/mol. The van der Waals surface area contributed by atoms with Gasteiger partial charge in [0.2, 0.25) is 0 Å². The molecule has 0 atom stereocenters. The summed E-state index contributed by atoms with van der Waals surface area (Å²) >= 11 is 0. The van der Waals surface area contributed by atoms with E-state index in [0.717, 1.165) is 16.8 Å². The Morgan fingerprint density at radius 3 is 0.766 bits per heavy atom. The van der Waals surface area contributed by atoms with E-state index < -0.39 is 0 Å². The highest BCUT2D eigenvalue weighted by atomic mass is 15.0. The first-order valence-electron chi connectivity index (χ1n) is 48.4. The monoisotopic (exact) mass is 1790 g/mol. The third-order valence-corrected chi connectivity index (χ3v) is 29.5. The Morgan fingerprint density at radius 1 is 0.142 bits per heavy atom. The average Bonchev–Trinajstić information content (AvgIpc) is 1.73. The summed E-state index contributed by atoms with van der Waals surface area (Å²) in [5.41, 5.74) is 32.5. The van der Waals surface area contributed by atoms with E-state index in [0.29, 0.717) is 0 Å². The van der Waals surface area contributed by atoms with Crippen LogP contribution < -0.4 is 0 Å². The standard InChI is InChI=1S/3C45H28N2/c1-3-12-42-38(10-1)39-11-2-4-13-43(39)47(42)35-20-14-29(15-21-35)36-22-16-30-19-25-41-37(23-17-31-18-24-40(36)44(30)45(31)41)33-8-5-7-32(27-33)34-9-6-26-46-28-34;1-3-13-42-37(10-1)38-11-2-4-14-43(38)47(42)34-9-7-8-33(28-34)36-24-20-32-21-25-39-35(23-19-31-22-26-40(36)45(32)44(31)39)29-15-17-30(18-16-29)41-12-5-6-27-46-41;1-3-10-42-38(8-1)39-9-2-4-11-43(39)47(42)35-18-12-30(13-19-35)36-20-14-31-17-23-41-37(21-15-32-16-22-40(36)44(31)45(32)41)34-7-5-6-33(28-34)29-24-26-46-27-25-29/h3*1-28H. The highest BCUT2D eigenvalue weighted by Crippen LogP contribution is 2.50. The zero-order valence-corrected chi connectivity index (χ0v) is 76.7. The summed E-state index contributed by atoms with van der Waals surface area (Å²) in [5.74, 6) is 0. The molecule has 6 aromatic heterocycles. The molecule has 0 aliphatic rings. The Bertz CT molecular complexity index is 9610. The van der Waals surface area contributed by atoms with Crippen LogP contribution in [0.2, 0.25) is 0 Å². The van der Waals surface area contributed by atoms with Gasteiger partial charge in [-0.25, -0.2) is 0 Å². The lowest BCUT2D eigenvalue weighted by Gasteiger charge is -2.17. The van der Waals surface area contributed by atoms with Gasteiger partial charge in [0.1, 0.15) is 0 Å². The number of aromatic nitrogens is 6. The molecular weight excluding hydrogens is 1710 g/mol. The molecule has 141 heavy (non-hydrogen) atoms. The lowest BCUT2D eigenvalue weighted by Crippen LogP contribution is -1.94. The first kappa shape index (κ1) is 80.7. The van der Waals surface area contributed by atoms with Gasteiger partial charge in [0.25, 0.3) is 0 Å². The minimum absolute atomic E-state index is 0.990. The molecule has 0 saturated heterocycles. The van der Waals surface area contributed by atoms with Crippen LogP contribution >= 0.6 is 0 Å². The fraction of sp³-hybridized carbons (Fsp3) is 0. The SMILES string of the molecule is c1cc(-c2ccncc2)cc(-c2ccc3ccc4c(-c5ccc(-n6c7ccccc7c7ccccc76)cc5)ccc5ccc2c3c54)c1.c1ccc(-c2ccc(-c3ccc4ccc5c(-c6cccc(-n7c8ccccc8c8ccccc87)c6)ccc6ccc3c4c65)cc2)nc1.c1cncc(-c2cccc(-c3ccc4ccc5c(-c6ccc(-n7c8ccccc8c8ccccc87)cc6)ccc6ccc3c4c65)c2)c1. The number of pyridine rings is 3. The van der Waals surface area contributed by atoms with Gasteiger partial charge in [-0.1, -0.05) is 364 Å². The van der Waals surface area contributed by atoms with Crippen molar-refractivity contribution in [1.29, 1.82) is 0 Å². The molecule has 0 amide bonds. The largest absolute Gasteiger partial charge is 0.309 e. The van der Waals surface area contributed by atoms with Crippen LogP contribution in [0.1, 0.15) is 0 Å². The summed E-state index contributed by atoms with van der Waals surface area (Å²) in [6.45, 7) is 0. The second-order valence-corrected chi connectivity index (χ2v) is 37.1. The third-order valence-electron chi connectivity index (χ3n) is 29.5. The third kappa shape index (κ3) is 13.4. The molecule has 6 heterocycles. The molecule has 0 radical (unpaired) electrons. The van der Waals surface area contributed by atoms with E-state index in [1.54, 1.807) is 0 Å². The summed E-state index contributed by atoms with van der Waals surface area (Å²) in [7, 11) is 0. The molecule has 654 valence electrons. The first-order chi connectivity index (χ1) is 69.9. The molecule has 24 aromatic carbocycles. The maximum absolute atomic E-state index is 4.54. The van der Waals surface area contributed by atoms with Crippen LogP contribution in [0.5, 0.6) is 0 Å². The Hall–Kier alpha value is -18.8. The molecule has 30 aromatic rings. The lowest BCUT2D eigenvalue weighted by atomic mass is 9.87. The van der Waals surface area contributed by atoms with Crippen LogP contribution in [0.4, 0.5) is 0 Å². The Morgan fingerprint density at radius 2 is 0.426 bits per heavy atom. The number of nitrogens with zero attached hydrogens (tertiary/aromatic N) is 6. The minimum Gasteiger partial charge on any atom is -0.309 e. The van der Waals surface area contributed by atoms with Gasteiger partial charge in [-0.2, -0.15) is 0 Å². The molecule has 0 unspecified atom stereocenters. The van der Waals surface area contributed by atoms with Crippen molar-refractivity contribution >= 4 is 162 Å². The van der Waals surface area contributed by atoms with Gasteiger partial charge >= 0.3 is 0 Å². The van der Waals surface area contributed by atoms with Crippen molar-refractivity contribution in [2.75, 3.05) is 0 Å². The Kier molecular flexibility index (Phi) is 18.9. The second kappa shape index (κ2) is 33.1. The predicted octanol–water partition coefficient (Wildman–Crippen LogP) is 36.2. The van der Waals surface area contributed by atoms with Gasteiger partial charge < -0.3 is 13.7 Å². The maximum Gasteiger partial charge on any atom is 0.0701 e. The fourth-order valence-electron chi connectivity index (χ4n) is 23.1. The van der Waals surface area contributed by atoms with Gasteiger partial charge in [0, 0.05) is 91.5 Å². The smallest absolute Gasteiger partial charge is 0.0701 e. The number of fused-ring (bicyclic) bond motifs is 9. The van der Waals surface area contributed by atoms with Gasteiger partial charge in [0.15, 0.2) is 0 Å². The van der Waals surface area contributed by atoms with Gasteiger partial charge in [-0.3, -0.25) is 15.0 Å². The van der Waals surface area contributed by atoms with Crippen molar-refractivity contribution in [3.8, 4) is 117 Å². The number of rotatable bonds is 12. The van der Waals surface area contributed by atoms with E-state index in [1.807, 2.05) is 49.2 Å². The second-order valence-electron chi connectivity index (χ2n) is 37.1. The lowest BCUT2D eigenvalue weighted by molar-refractivity contribution is 1.18. The Labute approximate surface area is 812 Å². The van der Waals surface area contributed by atoms with Crippen molar-refractivity contribution in [3.63, 3.8) is 0 Å². The van der Waals surface area contributed by atoms with Crippen molar-refractivity contribution in [2.24, 2.45) is 0 Å². The highest BCUT2D eigenvalue weighted by Gasteiger charge is 2.24. The molecule has 0 aliphatic carbocycles. The summed E-state index contributed by atoms with van der Waals surface area (Å²) in [4.78, 5) is 13.1. The zero-order chi connectivity index (χ0) is 92.7. The summed E-state index contributed by atoms with van der Waals surface area (Å²) in [6.07, 6.45) is 9.31. The van der Waals surface area contributed by atoms with Crippen molar-refractivity contribution in [3.05, 3.63) is 510 Å². The number of hydrogen-bond acceptors (Lipinski definition) is 3. The molecule has 30 rings (SSSR count). The van der Waals surface area contributed by atoms with Crippen LogP contribution in [-0.2, 0) is 0 Å². The molecule has 0 bridgehead atoms. The van der Waals surface area contributed by atoms with Gasteiger partial charge in [-0.15, -0.1) is 0 Å². The molecule has 0 N–H and O–H groups in total. The fourth-order valence-corrected chi connectivity index (χ4v) is 23.1. The van der Waals surface area contributed by atoms with Crippen LogP contribution in [0.15, 0.2) is 510 Å². The summed E-state index contributed by atoms with van der Waals surface area (Å²) < 4.78 is 7.16. The van der Waals surface area contributed by atoms with Crippen molar-refractivity contribution in [1.82, 2.24) is 28.7 Å². The van der Waals surface area contributed by atoms with Gasteiger partial charge in [-0.05, 0) is 296 Å². The van der Waals surface area contributed by atoms with E-state index in [9.17, 15) is 0 Å². The first-order valence-corrected chi connectivity index (χ1v) is 48.4. The molecule has 0 fully saturated rings. The van der Waals surface area contributed by atoms with Gasteiger partial charge in [0.05, 0.1) is 38.8 Å². The molecule has 0 saturated carbocycles. The topological polar surface area (TPSA) is 53.5 Å². The molecular formula is C135H84N6. The van der Waals surface area contributed by atoms with Crippen LogP contribution in [0, 0.1) is 0 Å². The molecule has 6 nitrogen and oxygen atoms in total. The molecule has 6 heteroatoms. The van der Waals surface area contributed by atoms with Crippen LogP contribution in [0.3, 0.4) is 0 Å². The number of benzene rings is 24. The molecule has 0 aliphatic heterocycles. The van der Waals surface area contributed by atoms with Crippen molar-refractivity contribution < 1.29 is 0 Å². The normalized spacial score (nSPS) is 11.8. The number of hydrogen-bond donors (Lipinski definition) is 0. The van der Waals surface area contributed by atoms with Crippen LogP contribution in [-0.4, -0.2) is 28.7 Å². The summed E-state index contributed by atoms with van der Waals surface area (Å²) in [5, 5.41) is 30.9. The zero-order valence-electron chi connectivity index (χ0n) is 76.7. The van der Waals surface area contributed by atoms with E-state index >= 15 is 0 Å². The predicted molar refractivity (Wildman–Crippen MR) is 596 cm³/mol. The Balaban J connectivity index is 0.000000104. The molecule has 0 spiro atoms. The van der Waals surface area contributed by atoms with E-state index in [-0.39, 0.29) is 0 Å². The highest BCUT2D eigenvalue weighted by molar-refractivity contribution is 6.31. The minimum atomic E-state index is 0.990. The van der Waals surface area contributed by atoms with Crippen molar-refractivity contribution in [2.45, 2.75) is 0 Å².